The van der Waals surface area contributed by atoms with Crippen molar-refractivity contribution >= 4 is 27.5 Å². The number of rotatable bonds is 11. The van der Waals surface area contributed by atoms with E-state index >= 15 is 0 Å². The Hall–Kier alpha value is -4.43. The SMILES string of the molecule is Cc1ccc(S(=O)(=O)N(CC(=O)N(Cc2ccccc2)[C@@H](Cc2ccccc2)C(=O)NC(C)(C)C)c2ccc(C)c(C)c2)cc1. The lowest BCUT2D eigenvalue weighted by Gasteiger charge is -2.35. The van der Waals surface area contributed by atoms with Gasteiger partial charge < -0.3 is 10.2 Å². The Morgan fingerprint density at radius 2 is 1.33 bits per heavy atom. The molecule has 8 heteroatoms. The molecular formula is C37H43N3O4S. The molecule has 2 amide bonds. The van der Waals surface area contributed by atoms with Crippen LogP contribution in [-0.2, 0) is 32.6 Å². The number of benzene rings is 4. The largest absolute Gasteiger partial charge is 0.350 e. The van der Waals surface area contributed by atoms with Gasteiger partial charge in [0.2, 0.25) is 11.8 Å². The van der Waals surface area contributed by atoms with Crippen molar-refractivity contribution in [1.29, 1.82) is 0 Å². The van der Waals surface area contributed by atoms with E-state index < -0.39 is 34.1 Å². The van der Waals surface area contributed by atoms with Crippen molar-refractivity contribution in [3.05, 3.63) is 131 Å². The van der Waals surface area contributed by atoms with Crippen LogP contribution in [0.5, 0.6) is 0 Å². The molecule has 0 aliphatic carbocycles. The molecule has 0 bridgehead atoms. The monoisotopic (exact) mass is 625 g/mol. The molecule has 0 heterocycles. The fourth-order valence-corrected chi connectivity index (χ4v) is 6.44. The highest BCUT2D eigenvalue weighted by Gasteiger charge is 2.35. The van der Waals surface area contributed by atoms with Crippen LogP contribution in [0.2, 0.25) is 0 Å². The summed E-state index contributed by atoms with van der Waals surface area (Å²) in [6, 6.07) is 30.0. The third-order valence-corrected chi connectivity index (χ3v) is 9.42. The average Bonchev–Trinajstić information content (AvgIpc) is 2.99. The quantitative estimate of drug-likeness (QED) is 0.210. The minimum absolute atomic E-state index is 0.0834. The van der Waals surface area contributed by atoms with Gasteiger partial charge in [-0.1, -0.05) is 84.4 Å². The van der Waals surface area contributed by atoms with E-state index in [9.17, 15) is 18.0 Å². The summed E-state index contributed by atoms with van der Waals surface area (Å²) in [5.74, 6) is -0.799. The minimum atomic E-state index is -4.15. The fourth-order valence-electron chi connectivity index (χ4n) is 5.03. The molecule has 0 fully saturated rings. The first-order chi connectivity index (χ1) is 21.2. The number of hydrogen-bond acceptors (Lipinski definition) is 4. The molecule has 0 unspecified atom stereocenters. The van der Waals surface area contributed by atoms with Crippen LogP contribution in [0, 0.1) is 20.8 Å². The zero-order valence-electron chi connectivity index (χ0n) is 26.9. The summed E-state index contributed by atoms with van der Waals surface area (Å²) in [5.41, 5.74) is 4.37. The summed E-state index contributed by atoms with van der Waals surface area (Å²) in [5, 5.41) is 3.06. The van der Waals surface area contributed by atoms with Gasteiger partial charge in [-0.25, -0.2) is 8.42 Å². The number of hydrogen-bond donors (Lipinski definition) is 1. The first-order valence-corrected chi connectivity index (χ1v) is 16.5. The highest BCUT2D eigenvalue weighted by Crippen LogP contribution is 2.27. The normalized spacial score (nSPS) is 12.3. The maximum absolute atomic E-state index is 14.6. The van der Waals surface area contributed by atoms with Crippen LogP contribution < -0.4 is 9.62 Å². The van der Waals surface area contributed by atoms with Crippen LogP contribution in [0.3, 0.4) is 0 Å². The van der Waals surface area contributed by atoms with Gasteiger partial charge >= 0.3 is 0 Å². The lowest BCUT2D eigenvalue weighted by molar-refractivity contribution is -0.140. The third kappa shape index (κ3) is 8.82. The molecule has 1 atom stereocenters. The predicted octanol–water partition coefficient (Wildman–Crippen LogP) is 6.36. The molecule has 0 saturated heterocycles. The van der Waals surface area contributed by atoms with E-state index in [2.05, 4.69) is 5.32 Å². The summed E-state index contributed by atoms with van der Waals surface area (Å²) in [4.78, 5) is 30.1. The molecule has 0 saturated carbocycles. The Morgan fingerprint density at radius 1 is 0.756 bits per heavy atom. The van der Waals surface area contributed by atoms with Crippen molar-refractivity contribution in [3.8, 4) is 0 Å². The second-order valence-electron chi connectivity index (χ2n) is 12.5. The van der Waals surface area contributed by atoms with E-state index in [-0.39, 0.29) is 23.8 Å². The number of sulfonamides is 1. The number of nitrogens with one attached hydrogen (secondary N) is 1. The summed E-state index contributed by atoms with van der Waals surface area (Å²) in [6.07, 6.45) is 0.260. The highest BCUT2D eigenvalue weighted by atomic mass is 32.2. The molecule has 4 rings (SSSR count). The number of aryl methyl sites for hydroxylation is 3. The van der Waals surface area contributed by atoms with Gasteiger partial charge in [0.05, 0.1) is 10.6 Å². The van der Waals surface area contributed by atoms with Gasteiger partial charge in [-0.05, 0) is 88.1 Å². The maximum Gasteiger partial charge on any atom is 0.264 e. The first kappa shape index (κ1) is 33.5. The lowest BCUT2D eigenvalue weighted by atomic mass is 10.0. The lowest BCUT2D eigenvalue weighted by Crippen LogP contribution is -2.56. The van der Waals surface area contributed by atoms with Gasteiger partial charge in [0.15, 0.2) is 0 Å². The molecule has 1 N–H and O–H groups in total. The van der Waals surface area contributed by atoms with Crippen LogP contribution in [-0.4, -0.2) is 43.3 Å². The topological polar surface area (TPSA) is 86.8 Å². The van der Waals surface area contributed by atoms with E-state index in [1.54, 1.807) is 36.4 Å². The predicted molar refractivity (Wildman–Crippen MR) is 180 cm³/mol. The average molecular weight is 626 g/mol. The Morgan fingerprint density at radius 3 is 1.89 bits per heavy atom. The van der Waals surface area contributed by atoms with Crippen LogP contribution >= 0.6 is 0 Å². The van der Waals surface area contributed by atoms with Crippen LogP contribution in [0.25, 0.3) is 0 Å². The number of nitrogens with zero attached hydrogens (tertiary/aromatic N) is 2. The minimum Gasteiger partial charge on any atom is -0.350 e. The second kappa shape index (κ2) is 14.1. The fraction of sp³-hybridized carbons (Fsp3) is 0.297. The molecule has 0 radical (unpaired) electrons. The van der Waals surface area contributed by atoms with Crippen molar-refractivity contribution in [2.24, 2.45) is 0 Å². The second-order valence-corrected chi connectivity index (χ2v) is 14.4. The molecule has 0 aliphatic heterocycles. The highest BCUT2D eigenvalue weighted by molar-refractivity contribution is 7.92. The van der Waals surface area contributed by atoms with Crippen LogP contribution in [0.4, 0.5) is 5.69 Å². The summed E-state index contributed by atoms with van der Waals surface area (Å²) in [6.45, 7) is 11.1. The van der Waals surface area contributed by atoms with Crippen LogP contribution in [0.1, 0.15) is 48.6 Å². The van der Waals surface area contributed by atoms with E-state index in [0.29, 0.717) is 5.69 Å². The van der Waals surface area contributed by atoms with Crippen molar-refractivity contribution in [2.45, 2.75) is 71.0 Å². The van der Waals surface area contributed by atoms with Gasteiger partial charge in [0, 0.05) is 18.5 Å². The van der Waals surface area contributed by atoms with Gasteiger partial charge in [-0.3, -0.25) is 13.9 Å². The summed E-state index contributed by atoms with van der Waals surface area (Å²) < 4.78 is 29.6. The number of anilines is 1. The van der Waals surface area contributed by atoms with E-state index in [1.807, 2.05) is 108 Å². The summed E-state index contributed by atoms with van der Waals surface area (Å²) in [7, 11) is -4.15. The van der Waals surface area contributed by atoms with Gasteiger partial charge in [0.25, 0.3) is 10.0 Å². The Kier molecular flexibility index (Phi) is 10.5. The molecule has 0 spiro atoms. The van der Waals surface area contributed by atoms with Gasteiger partial charge in [-0.15, -0.1) is 0 Å². The van der Waals surface area contributed by atoms with Crippen molar-refractivity contribution in [2.75, 3.05) is 10.8 Å². The molecule has 0 aliphatic rings. The maximum atomic E-state index is 14.6. The molecule has 45 heavy (non-hydrogen) atoms. The zero-order valence-corrected chi connectivity index (χ0v) is 27.8. The zero-order chi connectivity index (χ0) is 32.8. The van der Waals surface area contributed by atoms with Gasteiger partial charge in [-0.2, -0.15) is 0 Å². The van der Waals surface area contributed by atoms with E-state index in [0.717, 1.165) is 32.1 Å². The van der Waals surface area contributed by atoms with E-state index in [1.165, 1.54) is 4.90 Å². The van der Waals surface area contributed by atoms with Crippen LogP contribution in [0.15, 0.2) is 108 Å². The Bertz CT molecular complexity index is 1720. The first-order valence-electron chi connectivity index (χ1n) is 15.1. The molecule has 4 aromatic rings. The van der Waals surface area contributed by atoms with Crippen molar-refractivity contribution < 1.29 is 18.0 Å². The standard InChI is InChI=1S/C37H43N3O4S/c1-27-17-21-33(22-18-27)45(43,44)40(32-20-19-28(2)29(3)23-32)26-35(41)39(25-31-15-11-8-12-16-31)34(36(42)38-37(4,5)6)24-30-13-9-7-10-14-30/h7-23,34H,24-26H2,1-6H3,(H,38,42)/t34-/m0/s1. The Balaban J connectivity index is 1.82. The number of carbonyl (C=O) groups excluding carboxylic acids is 2. The number of carbonyl (C=O) groups is 2. The van der Waals surface area contributed by atoms with Crippen molar-refractivity contribution in [1.82, 2.24) is 10.2 Å². The molecule has 0 aromatic heterocycles. The van der Waals surface area contributed by atoms with Gasteiger partial charge in [0.1, 0.15) is 12.6 Å². The smallest absolute Gasteiger partial charge is 0.264 e. The molecular weight excluding hydrogens is 582 g/mol. The molecule has 236 valence electrons. The number of amides is 2. The molecule has 7 nitrogen and oxygen atoms in total. The third-order valence-electron chi connectivity index (χ3n) is 7.63. The van der Waals surface area contributed by atoms with E-state index in [4.69, 9.17) is 0 Å². The van der Waals surface area contributed by atoms with Crippen molar-refractivity contribution in [3.63, 3.8) is 0 Å². The summed E-state index contributed by atoms with van der Waals surface area (Å²) >= 11 is 0. The molecule has 4 aromatic carbocycles. The Labute approximate surface area is 268 Å².